The van der Waals surface area contributed by atoms with E-state index in [0.29, 0.717) is 24.5 Å². The first-order valence-corrected chi connectivity index (χ1v) is 7.01. The van der Waals surface area contributed by atoms with Gasteiger partial charge in [-0.25, -0.2) is 0 Å². The highest BCUT2D eigenvalue weighted by atomic mass is 35.5. The summed E-state index contributed by atoms with van der Waals surface area (Å²) >= 11 is 5.76. The van der Waals surface area contributed by atoms with E-state index in [9.17, 15) is 9.90 Å². The summed E-state index contributed by atoms with van der Waals surface area (Å²) < 4.78 is 10.6. The largest absolute Gasteiger partial charge is 0.506 e. The lowest BCUT2D eigenvalue weighted by Crippen LogP contribution is -2.28. The van der Waals surface area contributed by atoms with Crippen LogP contribution in [0.1, 0.15) is 10.4 Å². The molecule has 0 atom stereocenters. The molecule has 0 saturated carbocycles. The average molecular weight is 322 g/mol. The third-order valence-corrected chi connectivity index (χ3v) is 3.23. The molecule has 0 radical (unpaired) electrons. The number of nitrogens with one attached hydrogen (secondary N) is 1. The Morgan fingerprint density at radius 3 is 2.50 bits per heavy atom. The van der Waals surface area contributed by atoms with Gasteiger partial charge >= 0.3 is 0 Å². The molecule has 2 aromatic rings. The Kier molecular flexibility index (Phi) is 5.49. The van der Waals surface area contributed by atoms with Gasteiger partial charge in [0.1, 0.15) is 23.9 Å². The molecule has 2 rings (SSSR count). The van der Waals surface area contributed by atoms with Crippen LogP contribution >= 0.6 is 11.6 Å². The number of phenols is 1. The smallest absolute Gasteiger partial charge is 0.251 e. The quantitative estimate of drug-likeness (QED) is 0.803. The number of aromatic hydroxyl groups is 1. The van der Waals surface area contributed by atoms with E-state index in [1.165, 1.54) is 18.2 Å². The number of phenolic OH excluding ortho intramolecular Hbond substituents is 1. The zero-order chi connectivity index (χ0) is 15.9. The molecular weight excluding hydrogens is 306 g/mol. The van der Waals surface area contributed by atoms with Gasteiger partial charge in [-0.3, -0.25) is 4.79 Å². The predicted octanol–water partition coefficient (Wildman–Crippen LogP) is 2.86. The molecule has 2 aromatic carbocycles. The van der Waals surface area contributed by atoms with Crippen molar-refractivity contribution >= 4 is 17.5 Å². The van der Waals surface area contributed by atoms with E-state index < -0.39 is 0 Å². The maximum atomic E-state index is 11.9. The van der Waals surface area contributed by atoms with Gasteiger partial charge in [0.25, 0.3) is 5.91 Å². The molecule has 5 nitrogen and oxygen atoms in total. The summed E-state index contributed by atoms with van der Waals surface area (Å²) in [7, 11) is 1.60. The van der Waals surface area contributed by atoms with E-state index in [-0.39, 0.29) is 16.7 Å². The summed E-state index contributed by atoms with van der Waals surface area (Å²) in [4.78, 5) is 11.9. The second kappa shape index (κ2) is 7.56. The number of methoxy groups -OCH3 is 1. The van der Waals surface area contributed by atoms with Gasteiger partial charge < -0.3 is 19.9 Å². The molecule has 0 bridgehead atoms. The molecule has 22 heavy (non-hydrogen) atoms. The third kappa shape index (κ3) is 4.30. The topological polar surface area (TPSA) is 67.8 Å². The molecule has 6 heteroatoms. The van der Waals surface area contributed by atoms with E-state index in [2.05, 4.69) is 5.32 Å². The minimum Gasteiger partial charge on any atom is -0.506 e. The first-order valence-electron chi connectivity index (χ1n) is 6.63. The van der Waals surface area contributed by atoms with Gasteiger partial charge in [-0.05, 0) is 42.5 Å². The molecular formula is C16H16ClNO4. The lowest BCUT2D eigenvalue weighted by atomic mass is 10.2. The number of halogens is 1. The molecule has 2 N–H and O–H groups in total. The van der Waals surface area contributed by atoms with Crippen molar-refractivity contribution in [1.82, 2.24) is 5.32 Å². The normalized spacial score (nSPS) is 10.1. The highest BCUT2D eigenvalue weighted by Gasteiger charge is 2.07. The Labute approximate surface area is 133 Å². The van der Waals surface area contributed by atoms with Gasteiger partial charge in [0.05, 0.1) is 18.7 Å². The lowest BCUT2D eigenvalue weighted by molar-refractivity contribution is 0.0947. The molecule has 0 heterocycles. The van der Waals surface area contributed by atoms with Crippen LogP contribution in [0, 0.1) is 0 Å². The zero-order valence-corrected chi connectivity index (χ0v) is 12.8. The first kappa shape index (κ1) is 16.0. The summed E-state index contributed by atoms with van der Waals surface area (Å²) in [6.07, 6.45) is 0. The van der Waals surface area contributed by atoms with Crippen LogP contribution in [0.3, 0.4) is 0 Å². The second-order valence-corrected chi connectivity index (χ2v) is 4.85. The van der Waals surface area contributed by atoms with Crippen LogP contribution in [0.15, 0.2) is 42.5 Å². The standard InChI is InChI=1S/C16H16ClNO4/c1-21-12-3-5-13(6-4-12)22-9-8-18-16(20)11-2-7-15(19)14(17)10-11/h2-7,10,19H,8-9H2,1H3,(H,18,20). The fraction of sp³-hybridized carbons (Fsp3) is 0.188. The van der Waals surface area contributed by atoms with E-state index in [1.54, 1.807) is 31.4 Å². The molecule has 0 aliphatic rings. The molecule has 0 aromatic heterocycles. The van der Waals surface area contributed by atoms with Gasteiger partial charge in [-0.2, -0.15) is 0 Å². The predicted molar refractivity (Wildman–Crippen MR) is 83.9 cm³/mol. The zero-order valence-electron chi connectivity index (χ0n) is 12.0. The van der Waals surface area contributed by atoms with E-state index in [1.807, 2.05) is 0 Å². The summed E-state index contributed by atoms with van der Waals surface area (Å²) in [6, 6.07) is 11.5. The Bertz CT molecular complexity index is 643. The minimum atomic E-state index is -0.278. The van der Waals surface area contributed by atoms with Gasteiger partial charge in [-0.1, -0.05) is 11.6 Å². The molecule has 116 valence electrons. The molecule has 0 aliphatic carbocycles. The van der Waals surface area contributed by atoms with Crippen LogP contribution in [0.4, 0.5) is 0 Å². The fourth-order valence-corrected chi connectivity index (χ4v) is 1.94. The molecule has 0 saturated heterocycles. The summed E-state index contributed by atoms with van der Waals surface area (Å²) in [6.45, 7) is 0.688. The Morgan fingerprint density at radius 2 is 1.86 bits per heavy atom. The van der Waals surface area contributed by atoms with E-state index >= 15 is 0 Å². The van der Waals surface area contributed by atoms with Gasteiger partial charge in [0.15, 0.2) is 0 Å². The maximum Gasteiger partial charge on any atom is 0.251 e. The second-order valence-electron chi connectivity index (χ2n) is 4.45. The van der Waals surface area contributed by atoms with Crippen LogP contribution in [0.2, 0.25) is 5.02 Å². The number of carbonyl (C=O) groups is 1. The third-order valence-electron chi connectivity index (χ3n) is 2.93. The minimum absolute atomic E-state index is 0.0546. The van der Waals surface area contributed by atoms with Gasteiger partial charge in [0.2, 0.25) is 0 Å². The SMILES string of the molecule is COc1ccc(OCCNC(=O)c2ccc(O)c(Cl)c2)cc1. The van der Waals surface area contributed by atoms with Gasteiger partial charge in [-0.15, -0.1) is 0 Å². The Morgan fingerprint density at radius 1 is 1.18 bits per heavy atom. The van der Waals surface area contributed by atoms with Crippen LogP contribution < -0.4 is 14.8 Å². The van der Waals surface area contributed by atoms with Crippen LogP contribution in [0.25, 0.3) is 0 Å². The number of carbonyl (C=O) groups excluding carboxylic acids is 1. The van der Waals surface area contributed by atoms with Crippen molar-refractivity contribution in [2.75, 3.05) is 20.3 Å². The fourth-order valence-electron chi connectivity index (χ4n) is 1.76. The number of hydrogen-bond acceptors (Lipinski definition) is 4. The monoisotopic (exact) mass is 321 g/mol. The highest BCUT2D eigenvalue weighted by Crippen LogP contribution is 2.23. The Hall–Kier alpha value is -2.40. The molecule has 0 fully saturated rings. The average Bonchev–Trinajstić information content (AvgIpc) is 2.54. The number of hydrogen-bond donors (Lipinski definition) is 2. The highest BCUT2D eigenvalue weighted by molar-refractivity contribution is 6.32. The van der Waals surface area contributed by atoms with Crippen LogP contribution in [-0.4, -0.2) is 31.3 Å². The molecule has 0 unspecified atom stereocenters. The number of amides is 1. The van der Waals surface area contributed by atoms with Gasteiger partial charge in [0, 0.05) is 5.56 Å². The summed E-state index contributed by atoms with van der Waals surface area (Å²) in [5.41, 5.74) is 0.382. The van der Waals surface area contributed by atoms with Crippen molar-refractivity contribution in [2.45, 2.75) is 0 Å². The number of rotatable bonds is 6. The maximum absolute atomic E-state index is 11.9. The lowest BCUT2D eigenvalue weighted by Gasteiger charge is -2.09. The van der Waals surface area contributed by atoms with Crippen molar-refractivity contribution < 1.29 is 19.4 Å². The number of benzene rings is 2. The molecule has 0 spiro atoms. The van der Waals surface area contributed by atoms with Crippen molar-refractivity contribution in [3.05, 3.63) is 53.1 Å². The molecule has 0 aliphatic heterocycles. The number of ether oxygens (including phenoxy) is 2. The van der Waals surface area contributed by atoms with Crippen molar-refractivity contribution in [3.63, 3.8) is 0 Å². The summed E-state index contributed by atoms with van der Waals surface area (Å²) in [5.74, 6) is 1.12. The molecule has 1 amide bonds. The van der Waals surface area contributed by atoms with Crippen LogP contribution in [0.5, 0.6) is 17.2 Å². The first-order chi connectivity index (χ1) is 10.6. The van der Waals surface area contributed by atoms with E-state index in [4.69, 9.17) is 21.1 Å². The van der Waals surface area contributed by atoms with Crippen LogP contribution in [-0.2, 0) is 0 Å². The van der Waals surface area contributed by atoms with Crippen molar-refractivity contribution in [1.29, 1.82) is 0 Å². The van der Waals surface area contributed by atoms with Crippen molar-refractivity contribution in [2.24, 2.45) is 0 Å². The summed E-state index contributed by atoms with van der Waals surface area (Å²) in [5, 5.41) is 12.2. The Balaban J connectivity index is 1.77. The van der Waals surface area contributed by atoms with E-state index in [0.717, 1.165) is 5.75 Å². The van der Waals surface area contributed by atoms with Crippen molar-refractivity contribution in [3.8, 4) is 17.2 Å².